The molecule has 2 fully saturated rings. The Morgan fingerprint density at radius 1 is 0.540 bits per heavy atom. The minimum absolute atomic E-state index is 0.0231. The summed E-state index contributed by atoms with van der Waals surface area (Å²) in [6.07, 6.45) is 40.4. The van der Waals surface area contributed by atoms with Crippen molar-refractivity contribution in [3.63, 3.8) is 0 Å². The summed E-state index contributed by atoms with van der Waals surface area (Å²) in [5, 5.41) is 0. The van der Waals surface area contributed by atoms with E-state index in [1.165, 1.54) is 154 Å². The van der Waals surface area contributed by atoms with Gasteiger partial charge in [0.1, 0.15) is 18.8 Å². The van der Waals surface area contributed by atoms with Crippen molar-refractivity contribution in [2.24, 2.45) is 0 Å². The summed E-state index contributed by atoms with van der Waals surface area (Å²) >= 11 is 0. The van der Waals surface area contributed by atoms with Crippen molar-refractivity contribution in [3.8, 4) is 0 Å². The summed E-state index contributed by atoms with van der Waals surface area (Å²) in [7, 11) is 0. The molecule has 0 amide bonds. The van der Waals surface area contributed by atoms with Crippen LogP contribution >= 0.6 is 0 Å². The average Bonchev–Trinajstić information content (AvgIpc) is 3.63. The first kappa shape index (κ1) is 57.8. The second kappa shape index (κ2) is 40.9. The molecule has 0 aromatic heterocycles. The van der Waals surface area contributed by atoms with E-state index >= 15 is 0 Å². The average molecular weight is 897 g/mol. The zero-order chi connectivity index (χ0) is 45.3. The van der Waals surface area contributed by atoms with Crippen molar-refractivity contribution in [2.45, 2.75) is 283 Å². The van der Waals surface area contributed by atoms with Crippen LogP contribution < -0.4 is 0 Å². The molecule has 0 radical (unpaired) electrons. The number of rotatable bonds is 45. The minimum atomic E-state index is -0.697. The van der Waals surface area contributed by atoms with Crippen LogP contribution in [0.1, 0.15) is 252 Å². The first-order valence-corrected chi connectivity index (χ1v) is 26.9. The topological polar surface area (TPSA) is 108 Å². The van der Waals surface area contributed by atoms with E-state index in [9.17, 15) is 9.59 Å². The number of hydrogen-bond acceptors (Lipinski definition) is 10. The summed E-state index contributed by atoms with van der Waals surface area (Å²) < 4.78 is 47.4. The minimum Gasteiger partial charge on any atom is -0.462 e. The fraction of sp³-hybridized carbons (Fsp3) is 0.962. The Kier molecular flexibility index (Phi) is 37.6. The van der Waals surface area contributed by atoms with E-state index in [0.717, 1.165) is 57.8 Å². The Bertz CT molecular complexity index is 1030. The molecule has 2 saturated heterocycles. The van der Waals surface area contributed by atoms with Gasteiger partial charge in [0, 0.05) is 19.4 Å². The quantitative estimate of drug-likeness (QED) is 0.0433. The molecule has 0 aromatic rings. The molecule has 372 valence electrons. The molecule has 10 nitrogen and oxygen atoms in total. The van der Waals surface area contributed by atoms with Gasteiger partial charge in [-0.25, -0.2) is 0 Å². The number of esters is 2. The zero-order valence-electron chi connectivity index (χ0n) is 41.6. The fourth-order valence-corrected chi connectivity index (χ4v) is 8.57. The maximum atomic E-state index is 13.0. The van der Waals surface area contributed by atoms with Gasteiger partial charge in [-0.2, -0.15) is 0 Å². The van der Waals surface area contributed by atoms with Crippen molar-refractivity contribution in [3.05, 3.63) is 0 Å². The van der Waals surface area contributed by atoms with Crippen molar-refractivity contribution in [1.29, 1.82) is 0 Å². The lowest BCUT2D eigenvalue weighted by Crippen LogP contribution is -2.36. The molecule has 4 unspecified atom stereocenters. The molecule has 0 aromatic carbocycles. The standard InChI is InChI=1S/C53H100O10/c1-5-7-9-11-13-15-17-19-21-23-25-27-29-31-33-37-50(54)59-45-48(61-51(55)38-34-32-30-28-26-24-22-20-18-16-14-12-10-8-6-2)43-56-41-47(62-52-39-35-36-40-58-52)42-57-44-49-46-60-53(3,4)63-49/h47-49,52H,5-46H2,1-4H3. The van der Waals surface area contributed by atoms with Gasteiger partial charge >= 0.3 is 11.9 Å². The number of carbonyl (C=O) groups excluding carboxylic acids is 2. The Morgan fingerprint density at radius 3 is 1.43 bits per heavy atom. The SMILES string of the molecule is CCCCCCCCCCCCCCCCCC(=O)OCC(COCC(COCC1COC(C)(C)O1)OC1CCCCO1)OC(=O)CCCCCCCCCCCCCCCCC. The largest absolute Gasteiger partial charge is 0.462 e. The molecule has 10 heteroatoms. The highest BCUT2D eigenvalue weighted by Gasteiger charge is 2.33. The normalized spacial score (nSPS) is 18.4. The highest BCUT2D eigenvalue weighted by Crippen LogP contribution is 2.23. The highest BCUT2D eigenvalue weighted by molar-refractivity contribution is 5.70. The monoisotopic (exact) mass is 897 g/mol. The molecule has 2 heterocycles. The molecular weight excluding hydrogens is 797 g/mol. The first-order valence-electron chi connectivity index (χ1n) is 26.9. The fourth-order valence-electron chi connectivity index (χ4n) is 8.57. The predicted molar refractivity (Wildman–Crippen MR) is 255 cm³/mol. The molecule has 2 aliphatic rings. The molecule has 0 spiro atoms. The maximum absolute atomic E-state index is 13.0. The highest BCUT2D eigenvalue weighted by atomic mass is 16.7. The summed E-state index contributed by atoms with van der Waals surface area (Å²) in [6, 6.07) is 0. The van der Waals surface area contributed by atoms with Crippen molar-refractivity contribution < 1.29 is 47.5 Å². The lowest BCUT2D eigenvalue weighted by molar-refractivity contribution is -0.212. The van der Waals surface area contributed by atoms with Crippen LogP contribution in [0.5, 0.6) is 0 Å². The second-order valence-corrected chi connectivity index (χ2v) is 19.3. The summed E-state index contributed by atoms with van der Waals surface area (Å²) in [6.45, 7) is 10.4. The van der Waals surface area contributed by atoms with Crippen molar-refractivity contribution >= 4 is 11.9 Å². The van der Waals surface area contributed by atoms with E-state index in [4.69, 9.17) is 37.9 Å². The Balaban J connectivity index is 1.70. The molecule has 2 aliphatic heterocycles. The third-order valence-corrected chi connectivity index (χ3v) is 12.5. The second-order valence-electron chi connectivity index (χ2n) is 19.3. The predicted octanol–water partition coefficient (Wildman–Crippen LogP) is 14.1. The van der Waals surface area contributed by atoms with Gasteiger partial charge in [-0.3, -0.25) is 9.59 Å². The van der Waals surface area contributed by atoms with E-state index in [1.807, 2.05) is 13.8 Å². The lowest BCUT2D eigenvalue weighted by Gasteiger charge is -2.28. The number of ether oxygens (including phenoxy) is 8. The van der Waals surface area contributed by atoms with Crippen LogP contribution in [0.25, 0.3) is 0 Å². The molecule has 0 bridgehead atoms. The number of unbranched alkanes of at least 4 members (excludes halogenated alkanes) is 28. The Morgan fingerprint density at radius 2 is 0.984 bits per heavy atom. The van der Waals surface area contributed by atoms with E-state index in [-0.39, 0.29) is 50.8 Å². The van der Waals surface area contributed by atoms with E-state index in [0.29, 0.717) is 32.7 Å². The van der Waals surface area contributed by atoms with E-state index in [2.05, 4.69) is 13.8 Å². The number of carbonyl (C=O) groups is 2. The molecule has 2 rings (SSSR count). The van der Waals surface area contributed by atoms with Crippen molar-refractivity contribution in [2.75, 3.05) is 46.2 Å². The molecule has 0 aliphatic carbocycles. The summed E-state index contributed by atoms with van der Waals surface area (Å²) in [5.74, 6) is -1.14. The van der Waals surface area contributed by atoms with Crippen LogP contribution in [-0.2, 0) is 47.5 Å². The van der Waals surface area contributed by atoms with Gasteiger partial charge in [-0.1, -0.05) is 194 Å². The number of hydrogen-bond donors (Lipinski definition) is 0. The van der Waals surface area contributed by atoms with Crippen molar-refractivity contribution in [1.82, 2.24) is 0 Å². The van der Waals surface area contributed by atoms with Gasteiger partial charge in [0.2, 0.25) is 0 Å². The van der Waals surface area contributed by atoms with Crippen LogP contribution in [-0.4, -0.2) is 88.6 Å². The smallest absolute Gasteiger partial charge is 0.306 e. The Hall–Kier alpha value is -1.30. The molecular formula is C53H100O10. The van der Waals surface area contributed by atoms with E-state index in [1.54, 1.807) is 0 Å². The Labute approximate surface area is 387 Å². The van der Waals surface area contributed by atoms with Gasteiger partial charge in [0.15, 0.2) is 18.2 Å². The van der Waals surface area contributed by atoms with Crippen LogP contribution in [0.4, 0.5) is 0 Å². The first-order chi connectivity index (χ1) is 30.8. The van der Waals surface area contributed by atoms with Gasteiger partial charge < -0.3 is 37.9 Å². The van der Waals surface area contributed by atoms with Gasteiger partial charge in [0.25, 0.3) is 0 Å². The summed E-state index contributed by atoms with van der Waals surface area (Å²) in [5.41, 5.74) is 0. The molecule has 4 atom stereocenters. The van der Waals surface area contributed by atoms with Crippen LogP contribution in [0.15, 0.2) is 0 Å². The van der Waals surface area contributed by atoms with E-state index < -0.39 is 18.0 Å². The van der Waals surface area contributed by atoms with Crippen LogP contribution in [0.2, 0.25) is 0 Å². The third kappa shape index (κ3) is 35.6. The van der Waals surface area contributed by atoms with Crippen LogP contribution in [0.3, 0.4) is 0 Å². The van der Waals surface area contributed by atoms with Crippen LogP contribution in [0, 0.1) is 0 Å². The zero-order valence-corrected chi connectivity index (χ0v) is 41.6. The molecule has 0 N–H and O–H groups in total. The molecule has 0 saturated carbocycles. The van der Waals surface area contributed by atoms with Gasteiger partial charge in [-0.05, 0) is 46.0 Å². The third-order valence-electron chi connectivity index (χ3n) is 12.5. The maximum Gasteiger partial charge on any atom is 0.306 e. The van der Waals surface area contributed by atoms with Gasteiger partial charge in [0.05, 0.1) is 33.0 Å². The van der Waals surface area contributed by atoms with Gasteiger partial charge in [-0.15, -0.1) is 0 Å². The lowest BCUT2D eigenvalue weighted by atomic mass is 10.0. The molecule has 63 heavy (non-hydrogen) atoms. The summed E-state index contributed by atoms with van der Waals surface area (Å²) in [4.78, 5) is 25.8.